The molecule has 2 heterocycles. The van der Waals surface area contributed by atoms with Crippen LogP contribution in [0.15, 0.2) is 48.5 Å². The van der Waals surface area contributed by atoms with Gasteiger partial charge in [-0.05, 0) is 74.5 Å². The Labute approximate surface area is 207 Å². The van der Waals surface area contributed by atoms with E-state index < -0.39 is 0 Å². The molecule has 2 aromatic rings. The Bertz CT molecular complexity index is 1050. The lowest BCUT2D eigenvalue weighted by atomic mass is 9.88. The van der Waals surface area contributed by atoms with Gasteiger partial charge in [-0.3, -0.25) is 14.5 Å². The largest absolute Gasteiger partial charge is 0.492 e. The van der Waals surface area contributed by atoms with E-state index in [-0.39, 0.29) is 23.2 Å². The maximum atomic E-state index is 13.9. The maximum absolute atomic E-state index is 13.9. The van der Waals surface area contributed by atoms with Crippen molar-refractivity contribution in [3.63, 3.8) is 0 Å². The van der Waals surface area contributed by atoms with Crippen LogP contribution >= 0.6 is 0 Å². The highest BCUT2D eigenvalue weighted by molar-refractivity contribution is 5.94. The Morgan fingerprint density at radius 2 is 1.83 bits per heavy atom. The first-order valence-corrected chi connectivity index (χ1v) is 12.6. The monoisotopic (exact) mass is 481 g/mol. The minimum atomic E-state index is -0.225. The van der Waals surface area contributed by atoms with E-state index in [0.29, 0.717) is 44.1 Å². The summed E-state index contributed by atoms with van der Waals surface area (Å²) >= 11 is 0. The number of fused-ring (bicyclic) bond motifs is 2. The zero-order chi connectivity index (χ0) is 24.8. The van der Waals surface area contributed by atoms with Crippen LogP contribution in [-0.2, 0) is 11.3 Å². The molecule has 4 rings (SSSR count). The van der Waals surface area contributed by atoms with Gasteiger partial charge in [-0.1, -0.05) is 18.2 Å². The van der Waals surface area contributed by atoms with E-state index in [1.807, 2.05) is 41.1 Å². The van der Waals surface area contributed by atoms with Gasteiger partial charge in [-0.15, -0.1) is 0 Å². The van der Waals surface area contributed by atoms with E-state index in [1.165, 1.54) is 6.07 Å². The van der Waals surface area contributed by atoms with Gasteiger partial charge < -0.3 is 14.5 Å². The van der Waals surface area contributed by atoms with Crippen LogP contribution in [0.4, 0.5) is 4.39 Å². The van der Waals surface area contributed by atoms with Crippen LogP contribution in [0.5, 0.6) is 5.75 Å². The number of carbonyl (C=O) groups excluding carboxylic acids is 2. The Balaban J connectivity index is 1.61. The minimum absolute atomic E-state index is 0.0346. The Kier molecular flexibility index (Phi) is 8.06. The topological polar surface area (TPSA) is 53.1 Å². The van der Waals surface area contributed by atoms with Crippen LogP contribution in [0.2, 0.25) is 0 Å². The summed E-state index contributed by atoms with van der Waals surface area (Å²) < 4.78 is 19.8. The summed E-state index contributed by atoms with van der Waals surface area (Å²) in [5.74, 6) is 0.417. The number of amides is 2. The Hall–Kier alpha value is -2.93. The van der Waals surface area contributed by atoms with Crippen LogP contribution in [0, 0.1) is 5.82 Å². The SMILES string of the molecule is CC(=O)N1CCCC[C@@]2(CCCN2Cc2cccc(F)c2)CN(C)C(=O)c2cccc(c2)OCC1. The summed E-state index contributed by atoms with van der Waals surface area (Å²) in [6.07, 6.45) is 4.78. The van der Waals surface area contributed by atoms with Gasteiger partial charge in [-0.25, -0.2) is 4.39 Å². The van der Waals surface area contributed by atoms with E-state index in [0.717, 1.165) is 44.2 Å². The van der Waals surface area contributed by atoms with Gasteiger partial charge in [0.15, 0.2) is 0 Å². The lowest BCUT2D eigenvalue weighted by Gasteiger charge is -2.42. The number of rotatable bonds is 2. The second kappa shape index (κ2) is 11.2. The van der Waals surface area contributed by atoms with Crippen molar-refractivity contribution in [1.29, 1.82) is 0 Å². The highest BCUT2D eigenvalue weighted by Gasteiger charge is 2.42. The zero-order valence-corrected chi connectivity index (χ0v) is 20.8. The fraction of sp³-hybridized carbons (Fsp3) is 0.500. The van der Waals surface area contributed by atoms with Gasteiger partial charge in [0.25, 0.3) is 5.91 Å². The molecule has 0 aromatic heterocycles. The predicted molar refractivity (Wildman–Crippen MR) is 134 cm³/mol. The number of carbonyl (C=O) groups is 2. The van der Waals surface area contributed by atoms with Crippen molar-refractivity contribution >= 4 is 11.8 Å². The lowest BCUT2D eigenvalue weighted by molar-refractivity contribution is -0.129. The standard InChI is InChI=1S/C28H36FN3O3/c1-22(33)31-14-4-3-12-28(13-7-15-32(28)20-23-8-5-10-25(29)18-23)21-30(2)27(34)24-9-6-11-26(19-24)35-17-16-31/h5-6,8-11,18-19H,3-4,7,12-17,20-21H2,1-2H3/t28-/m1/s1. The van der Waals surface area contributed by atoms with Crippen molar-refractivity contribution in [2.24, 2.45) is 0 Å². The summed E-state index contributed by atoms with van der Waals surface area (Å²) in [5.41, 5.74) is 1.35. The molecule has 0 radical (unpaired) electrons. The van der Waals surface area contributed by atoms with E-state index in [2.05, 4.69) is 4.90 Å². The van der Waals surface area contributed by atoms with Crippen LogP contribution in [0.1, 0.15) is 54.9 Å². The molecule has 0 saturated carbocycles. The van der Waals surface area contributed by atoms with E-state index in [4.69, 9.17) is 4.74 Å². The molecule has 1 saturated heterocycles. The molecular formula is C28H36FN3O3. The van der Waals surface area contributed by atoms with Crippen molar-refractivity contribution < 1.29 is 18.7 Å². The number of likely N-dealkylation sites (N-methyl/N-ethyl adjacent to an activating group) is 1. The van der Waals surface area contributed by atoms with E-state index in [9.17, 15) is 14.0 Å². The molecule has 1 spiro atoms. The highest BCUT2D eigenvalue weighted by Crippen LogP contribution is 2.36. The normalized spacial score (nSPS) is 22.5. The molecule has 0 unspecified atom stereocenters. The van der Waals surface area contributed by atoms with Crippen molar-refractivity contribution in [3.05, 3.63) is 65.5 Å². The molecule has 35 heavy (non-hydrogen) atoms. The van der Waals surface area contributed by atoms with Gasteiger partial charge in [0.2, 0.25) is 5.91 Å². The summed E-state index contributed by atoms with van der Waals surface area (Å²) in [6.45, 7) is 5.37. The average Bonchev–Trinajstić information content (AvgIpc) is 3.21. The fourth-order valence-electron chi connectivity index (χ4n) is 5.55. The van der Waals surface area contributed by atoms with Gasteiger partial charge in [0, 0.05) is 44.7 Å². The molecule has 7 heteroatoms. The third-order valence-corrected chi connectivity index (χ3v) is 7.36. The molecule has 2 aliphatic rings. The van der Waals surface area contributed by atoms with Gasteiger partial charge in [0.1, 0.15) is 18.2 Å². The molecule has 1 fully saturated rings. The molecule has 2 aromatic carbocycles. The molecule has 0 N–H and O–H groups in total. The molecule has 188 valence electrons. The number of hydrogen-bond acceptors (Lipinski definition) is 4. The molecule has 2 aliphatic heterocycles. The van der Waals surface area contributed by atoms with Crippen LogP contribution < -0.4 is 4.74 Å². The Morgan fingerprint density at radius 1 is 1.03 bits per heavy atom. The number of benzene rings is 2. The Morgan fingerprint density at radius 3 is 2.63 bits per heavy atom. The maximum Gasteiger partial charge on any atom is 0.253 e. The summed E-state index contributed by atoms with van der Waals surface area (Å²) in [6, 6.07) is 14.1. The number of ether oxygens (including phenoxy) is 1. The van der Waals surface area contributed by atoms with Gasteiger partial charge >= 0.3 is 0 Å². The van der Waals surface area contributed by atoms with Crippen LogP contribution in [-0.4, -0.2) is 71.9 Å². The lowest BCUT2D eigenvalue weighted by Crippen LogP contribution is -2.52. The summed E-state index contributed by atoms with van der Waals surface area (Å²) in [4.78, 5) is 31.7. The molecule has 2 amide bonds. The third kappa shape index (κ3) is 6.20. The van der Waals surface area contributed by atoms with Crippen LogP contribution in [0.25, 0.3) is 0 Å². The van der Waals surface area contributed by atoms with Crippen molar-refractivity contribution in [2.45, 2.75) is 51.1 Å². The highest BCUT2D eigenvalue weighted by atomic mass is 19.1. The first kappa shape index (κ1) is 25.2. The second-order valence-corrected chi connectivity index (χ2v) is 9.88. The number of likely N-dealkylation sites (tertiary alicyclic amines) is 1. The molecule has 0 aliphatic carbocycles. The predicted octanol–water partition coefficient (Wildman–Crippen LogP) is 4.34. The van der Waals surface area contributed by atoms with Crippen LogP contribution in [0.3, 0.4) is 0 Å². The number of hydrogen-bond donors (Lipinski definition) is 0. The molecule has 2 bridgehead atoms. The van der Waals surface area contributed by atoms with Crippen molar-refractivity contribution in [2.75, 3.05) is 39.8 Å². The first-order chi connectivity index (χ1) is 16.9. The van der Waals surface area contributed by atoms with Crippen molar-refractivity contribution in [1.82, 2.24) is 14.7 Å². The third-order valence-electron chi connectivity index (χ3n) is 7.36. The molecule has 1 atom stereocenters. The average molecular weight is 482 g/mol. The summed E-state index contributed by atoms with van der Waals surface area (Å²) in [5, 5.41) is 0. The number of nitrogens with zero attached hydrogens (tertiary/aromatic N) is 3. The minimum Gasteiger partial charge on any atom is -0.492 e. The fourth-order valence-corrected chi connectivity index (χ4v) is 5.55. The molecule has 6 nitrogen and oxygen atoms in total. The number of halogens is 1. The van der Waals surface area contributed by atoms with Gasteiger partial charge in [0.05, 0.1) is 6.54 Å². The van der Waals surface area contributed by atoms with E-state index in [1.54, 1.807) is 25.1 Å². The molecular weight excluding hydrogens is 445 g/mol. The van der Waals surface area contributed by atoms with Gasteiger partial charge in [-0.2, -0.15) is 0 Å². The van der Waals surface area contributed by atoms with Crippen molar-refractivity contribution in [3.8, 4) is 5.75 Å². The smallest absolute Gasteiger partial charge is 0.253 e. The summed E-state index contributed by atoms with van der Waals surface area (Å²) in [7, 11) is 1.87. The first-order valence-electron chi connectivity index (χ1n) is 12.6. The second-order valence-electron chi connectivity index (χ2n) is 9.88. The zero-order valence-electron chi connectivity index (χ0n) is 20.8. The quantitative estimate of drug-likeness (QED) is 0.640. The van der Waals surface area contributed by atoms with E-state index >= 15 is 0 Å².